The van der Waals surface area contributed by atoms with Gasteiger partial charge in [-0.2, -0.15) is 13.2 Å². The summed E-state index contributed by atoms with van der Waals surface area (Å²) in [7, 11) is 0. The van der Waals surface area contributed by atoms with Crippen LogP contribution in [0.1, 0.15) is 24.4 Å². The predicted octanol–water partition coefficient (Wildman–Crippen LogP) is 4.52. The van der Waals surface area contributed by atoms with Crippen molar-refractivity contribution in [3.8, 4) is 0 Å². The van der Waals surface area contributed by atoms with Gasteiger partial charge < -0.3 is 5.32 Å². The lowest BCUT2D eigenvalue weighted by Gasteiger charge is -2.36. The van der Waals surface area contributed by atoms with Crippen LogP contribution in [0, 0.1) is 0 Å². The third-order valence-electron chi connectivity index (χ3n) is 3.52. The Balaban J connectivity index is 0.00000242. The van der Waals surface area contributed by atoms with E-state index in [1.54, 1.807) is 0 Å². The highest BCUT2D eigenvalue weighted by molar-refractivity contribution is 6.35. The first-order valence-electron chi connectivity index (χ1n) is 6.69. The summed E-state index contributed by atoms with van der Waals surface area (Å²) in [6.45, 7) is 2.81. The standard InChI is InChI=1S/C13H16Cl2F3N3.2ClH/c14-9-7-20-8-10(15)12(9)11(1-2-13(16,17)18)21-5-3-19-4-6-21;;/h7-8,11,19H,1-6H2;2*1H/t11-;;/m1../s1. The summed E-state index contributed by atoms with van der Waals surface area (Å²) in [5.74, 6) is 0. The van der Waals surface area contributed by atoms with Crippen molar-refractivity contribution in [2.24, 2.45) is 0 Å². The Hall–Kier alpha value is 0.0200. The van der Waals surface area contributed by atoms with Gasteiger partial charge in [0.25, 0.3) is 0 Å². The molecule has 0 aliphatic carbocycles. The van der Waals surface area contributed by atoms with Gasteiger partial charge in [0.05, 0.1) is 10.0 Å². The van der Waals surface area contributed by atoms with Crippen molar-refractivity contribution in [2.75, 3.05) is 26.2 Å². The molecule has 0 spiro atoms. The molecule has 1 N–H and O–H groups in total. The van der Waals surface area contributed by atoms with Crippen molar-refractivity contribution >= 4 is 48.0 Å². The Morgan fingerprint density at radius 2 is 1.65 bits per heavy atom. The summed E-state index contributed by atoms with van der Waals surface area (Å²) in [6.07, 6.45) is -2.28. The lowest BCUT2D eigenvalue weighted by atomic mass is 10.00. The molecule has 0 bridgehead atoms. The summed E-state index contributed by atoms with van der Waals surface area (Å²) in [6, 6.07) is -0.447. The molecule has 0 unspecified atom stereocenters. The number of pyridine rings is 1. The number of halogens is 7. The number of alkyl halides is 3. The first-order chi connectivity index (χ1) is 9.88. The molecule has 1 aromatic rings. The van der Waals surface area contributed by atoms with Gasteiger partial charge in [0.2, 0.25) is 0 Å². The van der Waals surface area contributed by atoms with E-state index in [2.05, 4.69) is 10.3 Å². The zero-order valence-electron chi connectivity index (χ0n) is 12.1. The summed E-state index contributed by atoms with van der Waals surface area (Å²) < 4.78 is 37.8. The monoisotopic (exact) mass is 413 g/mol. The average Bonchev–Trinajstić information content (AvgIpc) is 2.42. The van der Waals surface area contributed by atoms with Crippen LogP contribution in [0.4, 0.5) is 13.2 Å². The second kappa shape index (κ2) is 10.1. The van der Waals surface area contributed by atoms with Crippen LogP contribution in [0.15, 0.2) is 12.4 Å². The van der Waals surface area contributed by atoms with E-state index >= 15 is 0 Å². The number of hydrogen-bond acceptors (Lipinski definition) is 3. The summed E-state index contributed by atoms with van der Waals surface area (Å²) in [4.78, 5) is 5.86. The van der Waals surface area contributed by atoms with E-state index in [4.69, 9.17) is 23.2 Å². The number of rotatable bonds is 4. The molecule has 23 heavy (non-hydrogen) atoms. The summed E-state index contributed by atoms with van der Waals surface area (Å²) in [5.41, 5.74) is 0.541. The van der Waals surface area contributed by atoms with Gasteiger partial charge in [-0.05, 0) is 6.42 Å². The maximum atomic E-state index is 12.6. The van der Waals surface area contributed by atoms with Crippen LogP contribution in [-0.4, -0.2) is 42.2 Å². The van der Waals surface area contributed by atoms with Crippen LogP contribution in [0.3, 0.4) is 0 Å². The zero-order valence-corrected chi connectivity index (χ0v) is 15.2. The SMILES string of the molecule is Cl.Cl.FC(F)(F)CC[C@H](c1c(Cl)cncc1Cl)N1CCNCC1. The molecule has 1 atom stereocenters. The van der Waals surface area contributed by atoms with E-state index in [0.29, 0.717) is 28.7 Å². The molecule has 134 valence electrons. The molecule has 1 fully saturated rings. The minimum atomic E-state index is -4.20. The van der Waals surface area contributed by atoms with Crippen LogP contribution >= 0.6 is 48.0 Å². The van der Waals surface area contributed by atoms with Crippen molar-refractivity contribution in [1.29, 1.82) is 0 Å². The van der Waals surface area contributed by atoms with Crippen LogP contribution in [-0.2, 0) is 0 Å². The first-order valence-corrected chi connectivity index (χ1v) is 7.44. The molecule has 1 aliphatic rings. The van der Waals surface area contributed by atoms with Gasteiger partial charge in [0.15, 0.2) is 0 Å². The number of aromatic nitrogens is 1. The maximum absolute atomic E-state index is 12.6. The van der Waals surface area contributed by atoms with Crippen LogP contribution in [0.2, 0.25) is 10.0 Å². The molecule has 2 heterocycles. The number of hydrogen-bond donors (Lipinski definition) is 1. The zero-order chi connectivity index (χ0) is 15.5. The topological polar surface area (TPSA) is 28.2 Å². The first kappa shape index (κ1) is 23.0. The normalized spacial score (nSPS) is 17.1. The van der Waals surface area contributed by atoms with Gasteiger partial charge in [-0.15, -0.1) is 24.8 Å². The molecule has 0 radical (unpaired) electrons. The number of nitrogens with one attached hydrogen (secondary N) is 1. The Labute approximate surface area is 155 Å². The summed E-state index contributed by atoms with van der Waals surface area (Å²) in [5, 5.41) is 3.81. The second-order valence-corrected chi connectivity index (χ2v) is 5.79. The Morgan fingerprint density at radius 3 is 2.13 bits per heavy atom. The van der Waals surface area contributed by atoms with Gasteiger partial charge >= 0.3 is 6.18 Å². The van der Waals surface area contributed by atoms with Crippen molar-refractivity contribution in [3.63, 3.8) is 0 Å². The number of piperazine rings is 1. The van der Waals surface area contributed by atoms with E-state index in [1.165, 1.54) is 12.4 Å². The fourth-order valence-electron chi connectivity index (χ4n) is 2.54. The third-order valence-corrected chi connectivity index (χ3v) is 4.12. The van der Waals surface area contributed by atoms with Gasteiger partial charge in [0, 0.05) is 56.6 Å². The smallest absolute Gasteiger partial charge is 0.314 e. The van der Waals surface area contributed by atoms with Gasteiger partial charge in [-0.1, -0.05) is 23.2 Å². The molecule has 10 heteroatoms. The van der Waals surface area contributed by atoms with Crippen molar-refractivity contribution < 1.29 is 13.2 Å². The Bertz CT molecular complexity index is 462. The lowest BCUT2D eigenvalue weighted by Crippen LogP contribution is -2.45. The van der Waals surface area contributed by atoms with Crippen molar-refractivity contribution in [3.05, 3.63) is 28.0 Å². The van der Waals surface area contributed by atoms with Gasteiger partial charge in [-0.3, -0.25) is 9.88 Å². The molecular formula is C13H18Cl4F3N3. The second-order valence-electron chi connectivity index (χ2n) is 4.97. The Morgan fingerprint density at radius 1 is 1.13 bits per heavy atom. The fourth-order valence-corrected chi connectivity index (χ4v) is 3.16. The molecule has 2 rings (SSSR count). The van der Waals surface area contributed by atoms with E-state index < -0.39 is 18.6 Å². The molecule has 0 saturated carbocycles. The molecule has 1 saturated heterocycles. The lowest BCUT2D eigenvalue weighted by molar-refractivity contribution is -0.138. The van der Waals surface area contributed by atoms with E-state index in [9.17, 15) is 13.2 Å². The summed E-state index contributed by atoms with van der Waals surface area (Å²) >= 11 is 12.2. The average molecular weight is 415 g/mol. The third kappa shape index (κ3) is 6.80. The highest BCUT2D eigenvalue weighted by Crippen LogP contribution is 2.38. The fraction of sp³-hybridized carbons (Fsp3) is 0.615. The van der Waals surface area contributed by atoms with E-state index in [0.717, 1.165) is 13.1 Å². The van der Waals surface area contributed by atoms with Crippen molar-refractivity contribution in [1.82, 2.24) is 15.2 Å². The molecular weight excluding hydrogens is 397 g/mol. The largest absolute Gasteiger partial charge is 0.389 e. The minimum Gasteiger partial charge on any atom is -0.314 e. The molecule has 0 amide bonds. The quantitative estimate of drug-likeness (QED) is 0.784. The van der Waals surface area contributed by atoms with Gasteiger partial charge in [-0.25, -0.2) is 0 Å². The molecule has 1 aromatic heterocycles. The Kier molecular flexibility index (Phi) is 10.1. The predicted molar refractivity (Wildman–Crippen MR) is 91.2 cm³/mol. The van der Waals surface area contributed by atoms with Crippen LogP contribution in [0.25, 0.3) is 0 Å². The highest BCUT2D eigenvalue weighted by atomic mass is 35.5. The van der Waals surface area contributed by atoms with E-state index in [1.807, 2.05) is 4.90 Å². The molecule has 3 nitrogen and oxygen atoms in total. The highest BCUT2D eigenvalue weighted by Gasteiger charge is 2.33. The van der Waals surface area contributed by atoms with Gasteiger partial charge in [0.1, 0.15) is 0 Å². The van der Waals surface area contributed by atoms with Crippen molar-refractivity contribution in [2.45, 2.75) is 25.1 Å². The van der Waals surface area contributed by atoms with E-state index in [-0.39, 0.29) is 31.2 Å². The molecule has 0 aromatic carbocycles. The minimum absolute atomic E-state index is 0. The number of nitrogens with zero attached hydrogens (tertiary/aromatic N) is 2. The van der Waals surface area contributed by atoms with Crippen LogP contribution < -0.4 is 5.32 Å². The van der Waals surface area contributed by atoms with Crippen LogP contribution in [0.5, 0.6) is 0 Å². The molecule has 1 aliphatic heterocycles. The maximum Gasteiger partial charge on any atom is 0.389 e.